The maximum absolute atomic E-state index is 12.3. The summed E-state index contributed by atoms with van der Waals surface area (Å²) >= 11 is 1.66. The molecule has 0 aromatic heterocycles. The molecule has 0 radical (unpaired) electrons. The van der Waals surface area contributed by atoms with Crippen LogP contribution in [0.25, 0.3) is 0 Å². The lowest BCUT2D eigenvalue weighted by atomic mass is 9.95. The Hall–Kier alpha value is -1.94. The summed E-state index contributed by atoms with van der Waals surface area (Å²) in [7, 11) is 0. The van der Waals surface area contributed by atoms with E-state index in [0.717, 1.165) is 29.0 Å². The lowest BCUT2D eigenvalue weighted by molar-refractivity contribution is 0.248. The van der Waals surface area contributed by atoms with Crippen LogP contribution in [0.2, 0.25) is 0 Å². The first-order valence-electron chi connectivity index (χ1n) is 8.88. The number of hydrogen-bond acceptors (Lipinski definition) is 2. The second-order valence-electron chi connectivity index (χ2n) is 6.27. The van der Waals surface area contributed by atoms with Crippen LogP contribution in [0.3, 0.4) is 0 Å². The van der Waals surface area contributed by atoms with Gasteiger partial charge in [-0.15, -0.1) is 11.8 Å². The normalized spacial score (nSPS) is 13.1. The highest BCUT2D eigenvalue weighted by atomic mass is 32.2. The minimum atomic E-state index is -0.170. The fourth-order valence-corrected chi connectivity index (χ4v) is 3.20. The summed E-state index contributed by atoms with van der Waals surface area (Å²) in [6, 6.07) is 16.3. The molecule has 0 aliphatic carbocycles. The Kier molecular flexibility index (Phi) is 7.38. The zero-order chi connectivity index (χ0) is 18.2. The van der Waals surface area contributed by atoms with Crippen LogP contribution in [-0.4, -0.2) is 12.3 Å². The van der Waals surface area contributed by atoms with Gasteiger partial charge in [0.15, 0.2) is 0 Å². The fourth-order valence-electron chi connectivity index (χ4n) is 2.74. The molecule has 4 heteroatoms. The number of nitrogens with one attached hydrogen (secondary N) is 2. The first kappa shape index (κ1) is 19.4. The van der Waals surface area contributed by atoms with Crippen molar-refractivity contribution in [2.75, 3.05) is 11.6 Å². The molecule has 134 valence electrons. The minimum Gasteiger partial charge on any atom is -0.331 e. The van der Waals surface area contributed by atoms with E-state index in [-0.39, 0.29) is 12.1 Å². The van der Waals surface area contributed by atoms with Gasteiger partial charge in [0.1, 0.15) is 0 Å². The Labute approximate surface area is 155 Å². The summed E-state index contributed by atoms with van der Waals surface area (Å²) in [5.41, 5.74) is 3.30. The molecule has 0 aliphatic heterocycles. The maximum Gasteiger partial charge on any atom is 0.319 e. The SMILES string of the molecule is CC[C@@H](C)c1ccc([C@@H](CC)NC(=O)Nc2cccc(SC)c2)cc1. The van der Waals surface area contributed by atoms with Crippen molar-refractivity contribution in [3.05, 3.63) is 59.7 Å². The van der Waals surface area contributed by atoms with E-state index in [2.05, 4.69) is 55.7 Å². The van der Waals surface area contributed by atoms with Gasteiger partial charge in [0.2, 0.25) is 0 Å². The van der Waals surface area contributed by atoms with Crippen LogP contribution in [0.5, 0.6) is 0 Å². The summed E-state index contributed by atoms with van der Waals surface area (Å²) in [5.74, 6) is 0.564. The van der Waals surface area contributed by atoms with E-state index in [9.17, 15) is 4.79 Å². The molecule has 0 unspecified atom stereocenters. The minimum absolute atomic E-state index is 0.00900. The van der Waals surface area contributed by atoms with Crippen LogP contribution in [0.15, 0.2) is 53.4 Å². The molecule has 0 heterocycles. The average molecular weight is 357 g/mol. The summed E-state index contributed by atoms with van der Waals surface area (Å²) in [4.78, 5) is 13.5. The summed E-state index contributed by atoms with van der Waals surface area (Å²) < 4.78 is 0. The number of carbonyl (C=O) groups is 1. The zero-order valence-electron chi connectivity index (χ0n) is 15.5. The van der Waals surface area contributed by atoms with Gasteiger partial charge < -0.3 is 10.6 Å². The van der Waals surface area contributed by atoms with Crippen LogP contribution < -0.4 is 10.6 Å². The number of rotatable bonds is 7. The average Bonchev–Trinajstić information content (AvgIpc) is 2.65. The molecular formula is C21H28N2OS. The fraction of sp³-hybridized carbons (Fsp3) is 0.381. The highest BCUT2D eigenvalue weighted by Gasteiger charge is 2.13. The van der Waals surface area contributed by atoms with Gasteiger partial charge in [0.25, 0.3) is 0 Å². The summed E-state index contributed by atoms with van der Waals surface area (Å²) in [6.07, 6.45) is 4.00. The number of anilines is 1. The third-order valence-corrected chi connectivity index (χ3v) is 5.29. The molecule has 0 saturated carbocycles. The molecule has 0 bridgehead atoms. The summed E-state index contributed by atoms with van der Waals surface area (Å²) in [5, 5.41) is 6.00. The van der Waals surface area contributed by atoms with Crippen LogP contribution in [0.4, 0.5) is 10.5 Å². The second-order valence-corrected chi connectivity index (χ2v) is 7.15. The number of thioether (sulfide) groups is 1. The van der Waals surface area contributed by atoms with Crippen LogP contribution in [0.1, 0.15) is 56.7 Å². The van der Waals surface area contributed by atoms with E-state index < -0.39 is 0 Å². The summed E-state index contributed by atoms with van der Waals surface area (Å²) in [6.45, 7) is 6.52. The number of amides is 2. The van der Waals surface area contributed by atoms with Gasteiger partial charge in [0.05, 0.1) is 6.04 Å². The molecule has 0 spiro atoms. The van der Waals surface area contributed by atoms with Crippen molar-refractivity contribution in [1.82, 2.24) is 5.32 Å². The molecule has 2 aromatic carbocycles. The van der Waals surface area contributed by atoms with Crippen molar-refractivity contribution in [2.45, 2.75) is 50.5 Å². The van der Waals surface area contributed by atoms with Crippen molar-refractivity contribution in [3.8, 4) is 0 Å². The molecule has 2 N–H and O–H groups in total. The highest BCUT2D eigenvalue weighted by molar-refractivity contribution is 7.98. The first-order chi connectivity index (χ1) is 12.1. The molecule has 2 atom stereocenters. The Balaban J connectivity index is 2.01. The van der Waals surface area contributed by atoms with Crippen LogP contribution >= 0.6 is 11.8 Å². The van der Waals surface area contributed by atoms with Gasteiger partial charge >= 0.3 is 6.03 Å². The van der Waals surface area contributed by atoms with Gasteiger partial charge in [-0.25, -0.2) is 4.79 Å². The second kappa shape index (κ2) is 9.52. The quantitative estimate of drug-likeness (QED) is 0.580. The van der Waals surface area contributed by atoms with E-state index in [1.54, 1.807) is 11.8 Å². The molecule has 0 aliphatic rings. The van der Waals surface area contributed by atoms with E-state index in [0.29, 0.717) is 5.92 Å². The Bertz CT molecular complexity index is 685. The zero-order valence-corrected chi connectivity index (χ0v) is 16.3. The lowest BCUT2D eigenvalue weighted by Gasteiger charge is -2.19. The van der Waals surface area contributed by atoms with Gasteiger partial charge in [-0.1, -0.05) is 51.1 Å². The smallest absolute Gasteiger partial charge is 0.319 e. The Morgan fingerprint density at radius 3 is 2.32 bits per heavy atom. The van der Waals surface area contributed by atoms with Crippen LogP contribution in [-0.2, 0) is 0 Å². The molecular weight excluding hydrogens is 328 g/mol. The topological polar surface area (TPSA) is 41.1 Å². The Morgan fingerprint density at radius 1 is 1.04 bits per heavy atom. The monoisotopic (exact) mass is 356 g/mol. The van der Waals surface area contributed by atoms with Crippen molar-refractivity contribution in [2.24, 2.45) is 0 Å². The van der Waals surface area contributed by atoms with E-state index in [1.165, 1.54) is 5.56 Å². The lowest BCUT2D eigenvalue weighted by Crippen LogP contribution is -2.32. The van der Waals surface area contributed by atoms with Crippen molar-refractivity contribution < 1.29 is 4.79 Å². The largest absolute Gasteiger partial charge is 0.331 e. The third-order valence-electron chi connectivity index (χ3n) is 4.56. The number of hydrogen-bond donors (Lipinski definition) is 2. The van der Waals surface area contributed by atoms with E-state index in [4.69, 9.17) is 0 Å². The number of benzene rings is 2. The Morgan fingerprint density at radius 2 is 1.72 bits per heavy atom. The molecule has 0 fully saturated rings. The standard InChI is InChI=1S/C21H28N2OS/c1-5-15(3)16-10-12-17(13-11-16)20(6-2)23-21(24)22-18-8-7-9-19(14-18)25-4/h7-15,20H,5-6H2,1-4H3,(H2,22,23,24)/t15-,20-/m1/s1. The molecule has 0 saturated heterocycles. The molecule has 3 nitrogen and oxygen atoms in total. The number of carbonyl (C=O) groups excluding carboxylic acids is 1. The molecule has 2 aromatic rings. The first-order valence-corrected chi connectivity index (χ1v) is 10.1. The highest BCUT2D eigenvalue weighted by Crippen LogP contribution is 2.23. The van der Waals surface area contributed by atoms with Crippen LogP contribution in [0, 0.1) is 0 Å². The van der Waals surface area contributed by atoms with Gasteiger partial charge in [-0.3, -0.25) is 0 Å². The maximum atomic E-state index is 12.3. The van der Waals surface area contributed by atoms with E-state index >= 15 is 0 Å². The van der Waals surface area contributed by atoms with Gasteiger partial charge in [-0.2, -0.15) is 0 Å². The predicted molar refractivity (Wildman–Crippen MR) is 109 cm³/mol. The molecule has 2 amide bonds. The molecule has 2 rings (SSSR count). The van der Waals surface area contributed by atoms with Crippen molar-refractivity contribution in [1.29, 1.82) is 0 Å². The van der Waals surface area contributed by atoms with Crippen molar-refractivity contribution >= 4 is 23.5 Å². The van der Waals surface area contributed by atoms with Crippen molar-refractivity contribution in [3.63, 3.8) is 0 Å². The van der Waals surface area contributed by atoms with Gasteiger partial charge in [0, 0.05) is 10.6 Å². The van der Waals surface area contributed by atoms with E-state index in [1.807, 2.05) is 30.5 Å². The predicted octanol–water partition coefficient (Wildman–Crippen LogP) is 6.19. The molecule has 25 heavy (non-hydrogen) atoms. The van der Waals surface area contributed by atoms with Gasteiger partial charge in [-0.05, 0) is 54.3 Å². The third kappa shape index (κ3) is 5.53. The number of urea groups is 1.